The van der Waals surface area contributed by atoms with Crippen LogP contribution in [-0.2, 0) is 35.3 Å². The van der Waals surface area contributed by atoms with Gasteiger partial charge in [0.25, 0.3) is 0 Å². The van der Waals surface area contributed by atoms with Gasteiger partial charge in [-0.25, -0.2) is 14.4 Å². The summed E-state index contributed by atoms with van der Waals surface area (Å²) in [5.74, 6) is -4.86. The lowest BCUT2D eigenvalue weighted by atomic mass is 9.93. The lowest BCUT2D eigenvalue weighted by molar-refractivity contribution is -0.179. The summed E-state index contributed by atoms with van der Waals surface area (Å²) in [5, 5.41) is 18.5. The minimum atomic E-state index is -2.43. The van der Waals surface area contributed by atoms with Crippen LogP contribution < -0.4 is 11.5 Å². The summed E-state index contributed by atoms with van der Waals surface area (Å²) in [5.41, 5.74) is 8.19. The maximum absolute atomic E-state index is 12.7. The van der Waals surface area contributed by atoms with Gasteiger partial charge in [-0.2, -0.15) is 0 Å². The zero-order valence-electron chi connectivity index (χ0n) is 16.5. The molecule has 0 bridgehead atoms. The van der Waals surface area contributed by atoms with Gasteiger partial charge in [0.05, 0.1) is 6.61 Å². The number of aliphatic hydroxyl groups excluding tert-OH is 1. The number of esters is 2. The summed E-state index contributed by atoms with van der Waals surface area (Å²) in [7, 11) is 0. The first-order valence-corrected chi connectivity index (χ1v) is 8.74. The SMILES string of the molecule is CC(C)(C)OC(=O)C(N)(CCC(N)=O)C(=O)OC(C(=O)O)c1ccc(CO)cc1. The van der Waals surface area contributed by atoms with Crippen LogP contribution in [0.4, 0.5) is 0 Å². The molecule has 1 aromatic rings. The van der Waals surface area contributed by atoms with E-state index >= 15 is 0 Å². The van der Waals surface area contributed by atoms with Crippen molar-refractivity contribution >= 4 is 23.8 Å². The number of benzene rings is 1. The number of rotatable bonds is 9. The molecule has 6 N–H and O–H groups in total. The van der Waals surface area contributed by atoms with Crippen LogP contribution in [0.25, 0.3) is 0 Å². The van der Waals surface area contributed by atoms with Crippen molar-refractivity contribution in [2.45, 2.75) is 57.5 Å². The van der Waals surface area contributed by atoms with E-state index in [0.29, 0.717) is 5.56 Å². The molecule has 0 fully saturated rings. The van der Waals surface area contributed by atoms with E-state index in [1.165, 1.54) is 24.3 Å². The maximum atomic E-state index is 12.7. The average Bonchev–Trinajstić information content (AvgIpc) is 2.62. The Morgan fingerprint density at radius 2 is 1.62 bits per heavy atom. The van der Waals surface area contributed by atoms with E-state index in [1.54, 1.807) is 20.8 Å². The van der Waals surface area contributed by atoms with Gasteiger partial charge in [-0.05, 0) is 32.8 Å². The van der Waals surface area contributed by atoms with E-state index < -0.39 is 53.9 Å². The molecule has 0 aliphatic rings. The highest BCUT2D eigenvalue weighted by Gasteiger charge is 2.48. The number of amides is 1. The lowest BCUT2D eigenvalue weighted by Crippen LogP contribution is -2.58. The van der Waals surface area contributed by atoms with Crippen LogP contribution >= 0.6 is 0 Å². The minimum absolute atomic E-state index is 0.0875. The van der Waals surface area contributed by atoms with Crippen molar-refractivity contribution < 1.29 is 38.9 Å². The van der Waals surface area contributed by atoms with Crippen LogP contribution in [0.2, 0.25) is 0 Å². The van der Waals surface area contributed by atoms with Gasteiger partial charge in [0, 0.05) is 12.0 Å². The third-order valence-electron chi connectivity index (χ3n) is 3.81. The number of primary amides is 1. The molecule has 1 amide bonds. The fourth-order valence-electron chi connectivity index (χ4n) is 2.25. The summed E-state index contributed by atoms with van der Waals surface area (Å²) in [6, 6.07) is 5.62. The van der Waals surface area contributed by atoms with Gasteiger partial charge in [-0.1, -0.05) is 24.3 Å². The molecule has 2 atom stereocenters. The molecule has 0 aliphatic carbocycles. The monoisotopic (exact) mass is 410 g/mol. The van der Waals surface area contributed by atoms with Crippen molar-refractivity contribution in [3.8, 4) is 0 Å². The quantitative estimate of drug-likeness (QED) is 0.325. The van der Waals surface area contributed by atoms with E-state index in [1.807, 2.05) is 0 Å². The van der Waals surface area contributed by atoms with E-state index in [2.05, 4.69) is 0 Å². The van der Waals surface area contributed by atoms with Crippen LogP contribution in [-0.4, -0.2) is 45.2 Å². The molecule has 160 valence electrons. The van der Waals surface area contributed by atoms with Gasteiger partial charge in [0.15, 0.2) is 0 Å². The number of ether oxygens (including phenoxy) is 2. The average molecular weight is 410 g/mol. The molecule has 1 rings (SSSR count). The van der Waals surface area contributed by atoms with Crippen molar-refractivity contribution in [1.82, 2.24) is 0 Å². The summed E-state index contributed by atoms with van der Waals surface area (Å²) in [6.45, 7) is 4.39. The van der Waals surface area contributed by atoms with E-state index in [0.717, 1.165) is 0 Å². The smallest absolute Gasteiger partial charge is 0.349 e. The third kappa shape index (κ3) is 6.84. The number of carbonyl (C=O) groups is 4. The zero-order valence-corrected chi connectivity index (χ0v) is 16.5. The van der Waals surface area contributed by atoms with Crippen molar-refractivity contribution in [1.29, 1.82) is 0 Å². The van der Waals surface area contributed by atoms with E-state index in [4.69, 9.17) is 26.0 Å². The largest absolute Gasteiger partial charge is 0.478 e. The number of aliphatic hydroxyl groups is 1. The first-order valence-electron chi connectivity index (χ1n) is 8.74. The minimum Gasteiger partial charge on any atom is -0.478 e. The molecule has 0 aromatic heterocycles. The number of hydrogen-bond donors (Lipinski definition) is 4. The molecule has 10 heteroatoms. The zero-order chi connectivity index (χ0) is 22.4. The van der Waals surface area contributed by atoms with Gasteiger partial charge >= 0.3 is 17.9 Å². The summed E-state index contributed by atoms with van der Waals surface area (Å²) >= 11 is 0. The Balaban J connectivity index is 3.18. The number of nitrogens with two attached hydrogens (primary N) is 2. The molecule has 0 spiro atoms. The molecule has 29 heavy (non-hydrogen) atoms. The van der Waals surface area contributed by atoms with E-state index in [9.17, 15) is 24.3 Å². The molecule has 0 radical (unpaired) electrons. The molecule has 10 nitrogen and oxygen atoms in total. The molecular weight excluding hydrogens is 384 g/mol. The second-order valence-corrected chi connectivity index (χ2v) is 7.46. The third-order valence-corrected chi connectivity index (χ3v) is 3.81. The van der Waals surface area contributed by atoms with Crippen LogP contribution in [0, 0.1) is 0 Å². The molecule has 0 heterocycles. The fraction of sp³-hybridized carbons (Fsp3) is 0.474. The standard InChI is InChI=1S/C19H26N2O8/c1-18(2,3)29-17(27)19(21,9-8-13(20)23)16(26)28-14(15(24)25)12-6-4-11(10-22)5-7-12/h4-7,14,22H,8-10,21H2,1-3H3,(H2,20,23)(H,24,25). The van der Waals surface area contributed by atoms with Gasteiger partial charge in [0.2, 0.25) is 17.6 Å². The van der Waals surface area contributed by atoms with Crippen molar-refractivity contribution in [2.24, 2.45) is 11.5 Å². The maximum Gasteiger partial charge on any atom is 0.349 e. The number of hydrogen-bond acceptors (Lipinski definition) is 8. The molecule has 1 aromatic carbocycles. The normalized spacial score (nSPS) is 14.4. The van der Waals surface area contributed by atoms with Crippen molar-refractivity contribution in [2.75, 3.05) is 0 Å². The predicted molar refractivity (Wildman–Crippen MR) is 100 cm³/mol. The summed E-state index contributed by atoms with van der Waals surface area (Å²) < 4.78 is 10.2. The van der Waals surface area contributed by atoms with Gasteiger partial charge < -0.3 is 31.2 Å². The summed E-state index contributed by atoms with van der Waals surface area (Å²) in [4.78, 5) is 48.0. The predicted octanol–water partition coefficient (Wildman–Crippen LogP) is 0.153. The molecule has 2 unspecified atom stereocenters. The first kappa shape index (κ1) is 24.1. The molecule has 0 saturated heterocycles. The molecular formula is C19H26N2O8. The van der Waals surface area contributed by atoms with Gasteiger partial charge in [0.1, 0.15) is 5.60 Å². The van der Waals surface area contributed by atoms with E-state index in [-0.39, 0.29) is 12.2 Å². The lowest BCUT2D eigenvalue weighted by Gasteiger charge is -2.30. The summed E-state index contributed by atoms with van der Waals surface area (Å²) in [6.07, 6.45) is -2.71. The Morgan fingerprint density at radius 3 is 2.03 bits per heavy atom. The Kier molecular flexibility index (Phi) is 7.87. The Bertz CT molecular complexity index is 769. The van der Waals surface area contributed by atoms with Crippen molar-refractivity contribution in [3.05, 3.63) is 35.4 Å². The Labute approximate surface area is 167 Å². The topological polar surface area (TPSA) is 179 Å². The second-order valence-electron chi connectivity index (χ2n) is 7.46. The fourth-order valence-corrected chi connectivity index (χ4v) is 2.25. The van der Waals surface area contributed by atoms with Crippen LogP contribution in [0.1, 0.15) is 50.8 Å². The highest BCUT2D eigenvalue weighted by atomic mass is 16.6. The highest BCUT2D eigenvalue weighted by Crippen LogP contribution is 2.25. The van der Waals surface area contributed by atoms with Crippen molar-refractivity contribution in [3.63, 3.8) is 0 Å². The number of carboxylic acid groups (broad SMARTS) is 1. The van der Waals surface area contributed by atoms with Gasteiger partial charge in [-0.15, -0.1) is 0 Å². The highest BCUT2D eigenvalue weighted by molar-refractivity contribution is 6.05. The van der Waals surface area contributed by atoms with Gasteiger partial charge in [-0.3, -0.25) is 4.79 Å². The van der Waals surface area contributed by atoms with Crippen LogP contribution in [0.15, 0.2) is 24.3 Å². The molecule has 0 saturated carbocycles. The number of carboxylic acids is 1. The first-order chi connectivity index (χ1) is 13.3. The van der Waals surface area contributed by atoms with Crippen LogP contribution in [0.3, 0.4) is 0 Å². The van der Waals surface area contributed by atoms with Crippen LogP contribution in [0.5, 0.6) is 0 Å². The number of carbonyl (C=O) groups excluding carboxylic acids is 3. The second kappa shape index (κ2) is 9.48. The molecule has 0 aliphatic heterocycles. The Hall–Kier alpha value is -2.98. The number of aliphatic carboxylic acids is 1. The Morgan fingerprint density at radius 1 is 1.07 bits per heavy atom.